The van der Waals surface area contributed by atoms with Crippen molar-refractivity contribution in [1.82, 2.24) is 4.67 Å². The minimum Gasteiger partial charge on any atom is -0.297 e. The number of rotatable bonds is 7. The van der Waals surface area contributed by atoms with Crippen molar-refractivity contribution in [2.75, 3.05) is 20.2 Å². The Morgan fingerprint density at radius 1 is 1.36 bits per heavy atom. The average Bonchev–Trinajstić information content (AvgIpc) is 2.03. The van der Waals surface area contributed by atoms with E-state index in [0.717, 1.165) is 6.42 Å². The van der Waals surface area contributed by atoms with Crippen LogP contribution < -0.4 is 0 Å². The molecule has 0 aromatic rings. The van der Waals surface area contributed by atoms with Gasteiger partial charge in [0.25, 0.3) is 0 Å². The fraction of sp³-hybridized carbons (Fsp3) is 1.00. The minimum absolute atomic E-state index is 0.0910. The van der Waals surface area contributed by atoms with Gasteiger partial charge >= 0.3 is 7.75 Å². The van der Waals surface area contributed by atoms with Gasteiger partial charge in [-0.3, -0.25) is 9.05 Å². The van der Waals surface area contributed by atoms with E-state index in [1.54, 1.807) is 11.7 Å². The molecule has 5 heteroatoms. The highest BCUT2D eigenvalue weighted by Crippen LogP contribution is 2.51. The summed E-state index contributed by atoms with van der Waals surface area (Å²) in [5.41, 5.74) is 0. The zero-order chi connectivity index (χ0) is 11.2. The van der Waals surface area contributed by atoms with Crippen LogP contribution in [0.4, 0.5) is 0 Å². The molecule has 14 heavy (non-hydrogen) atoms. The molecule has 1 unspecified atom stereocenters. The average molecular weight is 223 g/mol. The largest absolute Gasteiger partial charge is 0.408 e. The van der Waals surface area contributed by atoms with Crippen LogP contribution in [0.3, 0.4) is 0 Å². The third kappa shape index (κ3) is 4.56. The molecular formula is C9H22NO3P. The second-order valence-electron chi connectivity index (χ2n) is 3.42. The molecule has 4 nitrogen and oxygen atoms in total. The van der Waals surface area contributed by atoms with Crippen LogP contribution in [-0.4, -0.2) is 31.0 Å². The van der Waals surface area contributed by atoms with Gasteiger partial charge in [-0.15, -0.1) is 0 Å². The number of hydrogen-bond acceptors (Lipinski definition) is 3. The summed E-state index contributed by atoms with van der Waals surface area (Å²) in [6.07, 6.45) is 0.835. The lowest BCUT2D eigenvalue weighted by atomic mass is 10.5. The first-order valence-electron chi connectivity index (χ1n) is 5.10. The molecule has 0 amide bonds. The van der Waals surface area contributed by atoms with Gasteiger partial charge in [0.2, 0.25) is 0 Å². The Kier molecular flexibility index (Phi) is 6.62. The Bertz CT molecular complexity index is 196. The molecular weight excluding hydrogens is 201 g/mol. The summed E-state index contributed by atoms with van der Waals surface area (Å²) < 4.78 is 24.4. The predicted molar refractivity (Wildman–Crippen MR) is 58.4 cm³/mol. The van der Waals surface area contributed by atoms with Crippen molar-refractivity contribution in [3.05, 3.63) is 0 Å². The summed E-state index contributed by atoms with van der Waals surface area (Å²) in [6.45, 7) is 8.66. The van der Waals surface area contributed by atoms with E-state index in [1.807, 2.05) is 27.7 Å². The van der Waals surface area contributed by atoms with Gasteiger partial charge in [0.15, 0.2) is 0 Å². The molecule has 0 saturated carbocycles. The number of nitrogens with zero attached hydrogens (tertiary/aromatic N) is 1. The monoisotopic (exact) mass is 223 g/mol. The van der Waals surface area contributed by atoms with E-state index in [4.69, 9.17) is 9.05 Å². The van der Waals surface area contributed by atoms with Gasteiger partial charge in [-0.1, -0.05) is 6.92 Å². The van der Waals surface area contributed by atoms with Gasteiger partial charge in [-0.05, 0) is 34.2 Å². The van der Waals surface area contributed by atoms with E-state index >= 15 is 0 Å². The van der Waals surface area contributed by atoms with Crippen LogP contribution in [0.5, 0.6) is 0 Å². The Hall–Kier alpha value is 0.110. The Morgan fingerprint density at radius 3 is 2.29 bits per heavy atom. The maximum absolute atomic E-state index is 12.2. The van der Waals surface area contributed by atoms with Crippen molar-refractivity contribution >= 4 is 7.75 Å². The molecule has 1 atom stereocenters. The fourth-order valence-corrected chi connectivity index (χ4v) is 2.81. The third-order valence-electron chi connectivity index (χ3n) is 1.60. The zero-order valence-corrected chi connectivity index (χ0v) is 10.7. The lowest BCUT2D eigenvalue weighted by molar-refractivity contribution is 0.139. The lowest BCUT2D eigenvalue weighted by Crippen LogP contribution is -2.21. The van der Waals surface area contributed by atoms with Gasteiger partial charge in [-0.2, -0.15) is 0 Å². The predicted octanol–water partition coefficient (Wildman–Crippen LogP) is 2.90. The van der Waals surface area contributed by atoms with E-state index in [-0.39, 0.29) is 6.10 Å². The molecule has 86 valence electrons. The Labute approximate surface area is 87.2 Å². The molecule has 0 aromatic carbocycles. The molecule has 0 fully saturated rings. The van der Waals surface area contributed by atoms with Crippen LogP contribution in [0.15, 0.2) is 0 Å². The molecule has 0 rings (SSSR count). The van der Waals surface area contributed by atoms with Gasteiger partial charge in [0.1, 0.15) is 0 Å². The first kappa shape index (κ1) is 14.1. The molecule has 0 aromatic heterocycles. The van der Waals surface area contributed by atoms with E-state index in [9.17, 15) is 4.57 Å². The molecule has 0 bridgehead atoms. The quantitative estimate of drug-likeness (QED) is 0.622. The third-order valence-corrected chi connectivity index (χ3v) is 3.91. The van der Waals surface area contributed by atoms with E-state index in [0.29, 0.717) is 13.2 Å². The summed E-state index contributed by atoms with van der Waals surface area (Å²) in [5.74, 6) is 0. The zero-order valence-electron chi connectivity index (χ0n) is 9.82. The summed E-state index contributed by atoms with van der Waals surface area (Å²) in [7, 11) is -1.28. The molecule has 0 spiro atoms. The highest BCUT2D eigenvalue weighted by molar-refractivity contribution is 7.51. The Balaban J connectivity index is 4.44. The van der Waals surface area contributed by atoms with Crippen LogP contribution in [0, 0.1) is 0 Å². The normalized spacial score (nSPS) is 16.2. The van der Waals surface area contributed by atoms with Crippen LogP contribution in [0.25, 0.3) is 0 Å². The number of hydrogen-bond donors (Lipinski definition) is 0. The van der Waals surface area contributed by atoms with E-state index in [2.05, 4.69) is 0 Å². The molecule has 0 aliphatic carbocycles. The summed E-state index contributed by atoms with van der Waals surface area (Å²) in [5, 5.41) is 0. The first-order valence-corrected chi connectivity index (χ1v) is 6.60. The molecule has 0 aliphatic heterocycles. The fourth-order valence-electron chi connectivity index (χ4n) is 1.09. The van der Waals surface area contributed by atoms with Crippen molar-refractivity contribution < 1.29 is 13.6 Å². The molecule has 0 aliphatic rings. The van der Waals surface area contributed by atoms with Gasteiger partial charge in [0, 0.05) is 6.54 Å². The van der Waals surface area contributed by atoms with Crippen LogP contribution in [0.2, 0.25) is 0 Å². The maximum atomic E-state index is 12.2. The second-order valence-corrected chi connectivity index (χ2v) is 5.51. The maximum Gasteiger partial charge on any atom is 0.408 e. The summed E-state index contributed by atoms with van der Waals surface area (Å²) >= 11 is 0. The lowest BCUT2D eigenvalue weighted by Gasteiger charge is -2.27. The molecule has 0 heterocycles. The van der Waals surface area contributed by atoms with Crippen molar-refractivity contribution in [1.29, 1.82) is 0 Å². The topological polar surface area (TPSA) is 38.8 Å². The molecule has 0 saturated heterocycles. The van der Waals surface area contributed by atoms with Gasteiger partial charge < -0.3 is 0 Å². The highest BCUT2D eigenvalue weighted by atomic mass is 31.2. The van der Waals surface area contributed by atoms with Crippen molar-refractivity contribution in [3.63, 3.8) is 0 Å². The van der Waals surface area contributed by atoms with E-state index in [1.165, 1.54) is 0 Å². The molecule has 0 radical (unpaired) electrons. The van der Waals surface area contributed by atoms with Crippen molar-refractivity contribution in [2.24, 2.45) is 0 Å². The van der Waals surface area contributed by atoms with Gasteiger partial charge in [-0.25, -0.2) is 9.24 Å². The van der Waals surface area contributed by atoms with Crippen molar-refractivity contribution in [3.8, 4) is 0 Å². The van der Waals surface area contributed by atoms with Gasteiger partial charge in [0.05, 0.1) is 12.7 Å². The van der Waals surface area contributed by atoms with Crippen LogP contribution >= 0.6 is 7.75 Å². The standard InChI is InChI=1S/C9H22NO3P/c1-6-8-10(5)14(11,12-7-2)13-9(3)4/h9H,6-8H2,1-5H3. The summed E-state index contributed by atoms with van der Waals surface area (Å²) in [4.78, 5) is 0. The highest BCUT2D eigenvalue weighted by Gasteiger charge is 2.30. The minimum atomic E-state index is -3.05. The van der Waals surface area contributed by atoms with Crippen molar-refractivity contribution in [2.45, 2.75) is 40.2 Å². The van der Waals surface area contributed by atoms with Crippen LogP contribution in [0.1, 0.15) is 34.1 Å². The second kappa shape index (κ2) is 6.57. The molecule has 0 N–H and O–H groups in total. The smallest absolute Gasteiger partial charge is 0.297 e. The summed E-state index contributed by atoms with van der Waals surface area (Å²) in [6, 6.07) is 0. The van der Waals surface area contributed by atoms with E-state index < -0.39 is 7.75 Å². The Morgan fingerprint density at radius 2 is 1.93 bits per heavy atom. The first-order chi connectivity index (χ1) is 6.46. The van der Waals surface area contributed by atoms with Crippen LogP contribution in [-0.2, 0) is 13.6 Å². The SMILES string of the molecule is CCCN(C)P(=O)(OCC)OC(C)C.